The van der Waals surface area contributed by atoms with Crippen molar-refractivity contribution in [3.63, 3.8) is 0 Å². The van der Waals surface area contributed by atoms with Gasteiger partial charge in [-0.15, -0.1) is 0 Å². The van der Waals surface area contributed by atoms with Crippen molar-refractivity contribution in [3.8, 4) is 11.3 Å². The lowest BCUT2D eigenvalue weighted by Gasteiger charge is -2.18. The molecule has 0 aliphatic heterocycles. The highest BCUT2D eigenvalue weighted by molar-refractivity contribution is 5.58. The van der Waals surface area contributed by atoms with Crippen LogP contribution >= 0.6 is 0 Å². The monoisotopic (exact) mass is 258 g/mol. The molecular formula is C15H18N2O2. The van der Waals surface area contributed by atoms with Crippen LogP contribution in [0.4, 0.5) is 0 Å². The van der Waals surface area contributed by atoms with Crippen molar-refractivity contribution in [2.24, 2.45) is 5.92 Å². The lowest BCUT2D eigenvalue weighted by Crippen LogP contribution is -2.18. The Balaban J connectivity index is 2.49. The molecule has 1 atom stereocenters. The summed E-state index contributed by atoms with van der Waals surface area (Å²) in [6.45, 7) is 4.06. The fourth-order valence-corrected chi connectivity index (χ4v) is 2.07. The van der Waals surface area contributed by atoms with Gasteiger partial charge in [0.05, 0.1) is 5.69 Å². The van der Waals surface area contributed by atoms with E-state index in [4.69, 9.17) is 4.74 Å². The van der Waals surface area contributed by atoms with E-state index in [0.717, 1.165) is 5.56 Å². The smallest absolute Gasteiger partial charge is 0.251 e. The van der Waals surface area contributed by atoms with E-state index in [1.165, 1.54) is 6.07 Å². The minimum atomic E-state index is -0.212. The highest BCUT2D eigenvalue weighted by Gasteiger charge is 2.18. The molecule has 4 heteroatoms. The van der Waals surface area contributed by atoms with E-state index in [0.29, 0.717) is 11.5 Å². The van der Waals surface area contributed by atoms with Crippen LogP contribution in [0.1, 0.15) is 25.8 Å². The number of nitrogens with zero attached hydrogens (tertiary/aromatic N) is 1. The van der Waals surface area contributed by atoms with Crippen molar-refractivity contribution in [3.05, 3.63) is 52.6 Å². The normalized spacial score (nSPS) is 12.6. The Morgan fingerprint density at radius 2 is 1.89 bits per heavy atom. The summed E-state index contributed by atoms with van der Waals surface area (Å²) in [6.07, 6.45) is -0.212. The molecule has 0 saturated carbocycles. The van der Waals surface area contributed by atoms with Crippen molar-refractivity contribution >= 4 is 0 Å². The van der Waals surface area contributed by atoms with Gasteiger partial charge in [0.2, 0.25) is 0 Å². The van der Waals surface area contributed by atoms with Crippen LogP contribution in [-0.2, 0) is 4.74 Å². The van der Waals surface area contributed by atoms with Gasteiger partial charge in [0.15, 0.2) is 0 Å². The molecule has 100 valence electrons. The zero-order chi connectivity index (χ0) is 13.8. The predicted molar refractivity (Wildman–Crippen MR) is 74.9 cm³/mol. The SMILES string of the molecule is COC(c1nc(-c2ccccc2)cc(=O)[nH]1)C(C)C. The second-order valence-electron chi connectivity index (χ2n) is 4.78. The van der Waals surface area contributed by atoms with Gasteiger partial charge in [-0.1, -0.05) is 44.2 Å². The molecule has 1 aromatic heterocycles. The lowest BCUT2D eigenvalue weighted by molar-refractivity contribution is 0.0573. The third kappa shape index (κ3) is 3.09. The third-order valence-electron chi connectivity index (χ3n) is 2.96. The molecule has 1 heterocycles. The van der Waals surface area contributed by atoms with Gasteiger partial charge >= 0.3 is 0 Å². The zero-order valence-corrected chi connectivity index (χ0v) is 11.4. The summed E-state index contributed by atoms with van der Waals surface area (Å²) in [5, 5.41) is 0. The molecule has 1 aromatic carbocycles. The van der Waals surface area contributed by atoms with Gasteiger partial charge in [-0.3, -0.25) is 4.79 Å². The van der Waals surface area contributed by atoms with Crippen molar-refractivity contribution in [2.75, 3.05) is 7.11 Å². The van der Waals surface area contributed by atoms with Crippen molar-refractivity contribution in [1.29, 1.82) is 0 Å². The fraction of sp³-hybridized carbons (Fsp3) is 0.333. The van der Waals surface area contributed by atoms with Crippen LogP contribution in [0.25, 0.3) is 11.3 Å². The van der Waals surface area contributed by atoms with Crippen LogP contribution in [0.3, 0.4) is 0 Å². The summed E-state index contributed by atoms with van der Waals surface area (Å²) in [4.78, 5) is 19.1. The summed E-state index contributed by atoms with van der Waals surface area (Å²) in [5.74, 6) is 0.808. The molecular weight excluding hydrogens is 240 g/mol. The van der Waals surface area contributed by atoms with Crippen LogP contribution in [0.15, 0.2) is 41.2 Å². The second-order valence-corrected chi connectivity index (χ2v) is 4.78. The number of aromatic nitrogens is 2. The largest absolute Gasteiger partial charge is 0.373 e. The Labute approximate surface area is 112 Å². The van der Waals surface area contributed by atoms with E-state index >= 15 is 0 Å². The predicted octanol–water partition coefficient (Wildman–Crippen LogP) is 2.78. The van der Waals surface area contributed by atoms with Gasteiger partial charge in [-0.25, -0.2) is 4.98 Å². The average Bonchev–Trinajstić information content (AvgIpc) is 2.39. The molecule has 0 fully saturated rings. The Bertz CT molecular complexity index is 591. The molecule has 0 aliphatic rings. The van der Waals surface area contributed by atoms with Gasteiger partial charge in [0.25, 0.3) is 5.56 Å². The summed E-state index contributed by atoms with van der Waals surface area (Å²) in [5.41, 5.74) is 1.43. The van der Waals surface area contributed by atoms with Crippen LogP contribution in [0, 0.1) is 5.92 Å². The van der Waals surface area contributed by atoms with Crippen molar-refractivity contribution in [2.45, 2.75) is 20.0 Å². The van der Waals surface area contributed by atoms with Gasteiger partial charge in [-0.05, 0) is 5.92 Å². The number of ether oxygens (including phenoxy) is 1. The highest BCUT2D eigenvalue weighted by Crippen LogP contribution is 2.23. The number of hydrogen-bond donors (Lipinski definition) is 1. The number of rotatable bonds is 4. The van der Waals surface area contributed by atoms with Gasteiger partial charge in [0, 0.05) is 18.7 Å². The Kier molecular flexibility index (Phi) is 4.12. The Morgan fingerprint density at radius 1 is 1.21 bits per heavy atom. The standard InChI is InChI=1S/C15H18N2O2/c1-10(2)14(19-3)15-16-12(9-13(18)17-15)11-7-5-4-6-8-11/h4-10,14H,1-3H3,(H,16,17,18). The minimum absolute atomic E-state index is 0.161. The van der Waals surface area contributed by atoms with Crippen LogP contribution < -0.4 is 5.56 Å². The second kappa shape index (κ2) is 5.80. The summed E-state index contributed by atoms with van der Waals surface area (Å²) in [7, 11) is 1.62. The Hall–Kier alpha value is -1.94. The fourth-order valence-electron chi connectivity index (χ4n) is 2.07. The lowest BCUT2D eigenvalue weighted by atomic mass is 10.1. The molecule has 19 heavy (non-hydrogen) atoms. The molecule has 0 bridgehead atoms. The van der Waals surface area contributed by atoms with E-state index in [9.17, 15) is 4.79 Å². The first-order chi connectivity index (χ1) is 9.11. The maximum Gasteiger partial charge on any atom is 0.251 e. The minimum Gasteiger partial charge on any atom is -0.373 e. The van der Waals surface area contributed by atoms with E-state index in [1.54, 1.807) is 7.11 Å². The van der Waals surface area contributed by atoms with E-state index in [1.807, 2.05) is 44.2 Å². The first-order valence-corrected chi connectivity index (χ1v) is 6.31. The number of H-pyrrole nitrogens is 1. The average molecular weight is 258 g/mol. The number of methoxy groups -OCH3 is 1. The molecule has 1 N–H and O–H groups in total. The zero-order valence-electron chi connectivity index (χ0n) is 11.4. The maximum atomic E-state index is 11.8. The molecule has 1 unspecified atom stereocenters. The van der Waals surface area contributed by atoms with Crippen LogP contribution in [0.2, 0.25) is 0 Å². The quantitative estimate of drug-likeness (QED) is 0.917. The first-order valence-electron chi connectivity index (χ1n) is 6.31. The number of hydrogen-bond acceptors (Lipinski definition) is 3. The molecule has 0 saturated heterocycles. The highest BCUT2D eigenvalue weighted by atomic mass is 16.5. The molecule has 2 rings (SSSR count). The molecule has 2 aromatic rings. The Morgan fingerprint density at radius 3 is 2.47 bits per heavy atom. The number of benzene rings is 1. The van der Waals surface area contributed by atoms with E-state index in [2.05, 4.69) is 9.97 Å². The van der Waals surface area contributed by atoms with Gasteiger partial charge in [-0.2, -0.15) is 0 Å². The van der Waals surface area contributed by atoms with Gasteiger partial charge < -0.3 is 9.72 Å². The number of nitrogens with one attached hydrogen (secondary N) is 1. The molecule has 0 amide bonds. The van der Waals surface area contributed by atoms with Crippen molar-refractivity contribution in [1.82, 2.24) is 9.97 Å². The summed E-state index contributed by atoms with van der Waals surface area (Å²) < 4.78 is 5.41. The van der Waals surface area contributed by atoms with Crippen LogP contribution in [-0.4, -0.2) is 17.1 Å². The third-order valence-corrected chi connectivity index (χ3v) is 2.96. The van der Waals surface area contributed by atoms with E-state index in [-0.39, 0.29) is 17.6 Å². The summed E-state index contributed by atoms with van der Waals surface area (Å²) >= 11 is 0. The molecule has 0 radical (unpaired) electrons. The molecule has 0 spiro atoms. The van der Waals surface area contributed by atoms with Crippen LogP contribution in [0.5, 0.6) is 0 Å². The van der Waals surface area contributed by atoms with E-state index < -0.39 is 0 Å². The van der Waals surface area contributed by atoms with Gasteiger partial charge in [0.1, 0.15) is 11.9 Å². The summed E-state index contributed by atoms with van der Waals surface area (Å²) in [6, 6.07) is 11.2. The number of aromatic amines is 1. The topological polar surface area (TPSA) is 55.0 Å². The van der Waals surface area contributed by atoms with Crippen molar-refractivity contribution < 1.29 is 4.74 Å². The maximum absolute atomic E-state index is 11.8. The molecule has 0 aliphatic carbocycles. The molecule has 4 nitrogen and oxygen atoms in total. The first kappa shape index (κ1) is 13.5.